The minimum absolute atomic E-state index is 0.0547. The summed E-state index contributed by atoms with van der Waals surface area (Å²) >= 11 is 0. The zero-order valence-corrected chi connectivity index (χ0v) is 9.37. The van der Waals surface area contributed by atoms with Crippen LogP contribution >= 0.6 is 0 Å². The van der Waals surface area contributed by atoms with Crippen molar-refractivity contribution in [2.75, 3.05) is 6.54 Å². The van der Waals surface area contributed by atoms with Crippen LogP contribution in [0.2, 0.25) is 0 Å². The summed E-state index contributed by atoms with van der Waals surface area (Å²) in [6.45, 7) is 1.44. The van der Waals surface area contributed by atoms with Gasteiger partial charge in [0.1, 0.15) is 0 Å². The van der Waals surface area contributed by atoms with Gasteiger partial charge in [-0.2, -0.15) is 0 Å². The molecule has 0 N–H and O–H groups in total. The summed E-state index contributed by atoms with van der Waals surface area (Å²) in [6.07, 6.45) is -1.21. The molecule has 17 heavy (non-hydrogen) atoms. The standard InChI is InChI=1S/C11H13F3N2O/c1-2-3-7-16(11(12,13)14)10(17)9-5-4-6-15-8-9/h4-6,8H,2-3,7H2,1H3. The molecule has 94 valence electrons. The topological polar surface area (TPSA) is 33.2 Å². The predicted octanol–water partition coefficient (Wildman–Crippen LogP) is 2.84. The third kappa shape index (κ3) is 3.72. The van der Waals surface area contributed by atoms with E-state index in [4.69, 9.17) is 0 Å². The quantitative estimate of drug-likeness (QED) is 0.765. The third-order valence-corrected chi connectivity index (χ3v) is 2.19. The summed E-state index contributed by atoms with van der Waals surface area (Å²) in [5.41, 5.74) is -0.0547. The van der Waals surface area contributed by atoms with Crippen molar-refractivity contribution in [1.29, 1.82) is 0 Å². The maximum Gasteiger partial charge on any atom is 0.487 e. The number of alkyl halides is 3. The Morgan fingerprint density at radius 3 is 2.65 bits per heavy atom. The van der Waals surface area contributed by atoms with E-state index in [1.165, 1.54) is 18.3 Å². The van der Waals surface area contributed by atoms with Crippen molar-refractivity contribution in [3.05, 3.63) is 30.1 Å². The number of hydrogen-bond acceptors (Lipinski definition) is 2. The van der Waals surface area contributed by atoms with Crippen LogP contribution in [0.25, 0.3) is 0 Å². The fraction of sp³-hybridized carbons (Fsp3) is 0.455. The maximum atomic E-state index is 12.7. The Bertz CT molecular complexity index is 365. The average molecular weight is 246 g/mol. The lowest BCUT2D eigenvalue weighted by Gasteiger charge is -2.24. The molecule has 0 aliphatic heterocycles. The summed E-state index contributed by atoms with van der Waals surface area (Å²) in [6, 6.07) is 2.75. The van der Waals surface area contributed by atoms with Crippen LogP contribution in [0.4, 0.5) is 13.2 Å². The van der Waals surface area contributed by atoms with E-state index in [2.05, 4.69) is 4.98 Å². The molecule has 1 rings (SSSR count). The second-order valence-corrected chi connectivity index (χ2v) is 3.52. The third-order valence-electron chi connectivity index (χ3n) is 2.19. The van der Waals surface area contributed by atoms with Crippen LogP contribution in [0.5, 0.6) is 0 Å². The number of aromatic nitrogens is 1. The number of amides is 1. The average Bonchev–Trinajstić information content (AvgIpc) is 2.29. The van der Waals surface area contributed by atoms with Crippen molar-refractivity contribution in [3.8, 4) is 0 Å². The molecule has 1 aromatic heterocycles. The van der Waals surface area contributed by atoms with Crippen molar-refractivity contribution in [2.45, 2.75) is 26.1 Å². The van der Waals surface area contributed by atoms with Crippen molar-refractivity contribution in [3.63, 3.8) is 0 Å². The van der Waals surface area contributed by atoms with Crippen LogP contribution < -0.4 is 0 Å². The van der Waals surface area contributed by atoms with E-state index in [-0.39, 0.29) is 17.0 Å². The first-order chi connectivity index (χ1) is 7.96. The van der Waals surface area contributed by atoms with Crippen molar-refractivity contribution >= 4 is 5.91 Å². The van der Waals surface area contributed by atoms with Gasteiger partial charge in [0.2, 0.25) is 0 Å². The molecule has 0 spiro atoms. The Balaban J connectivity index is 2.87. The van der Waals surface area contributed by atoms with Gasteiger partial charge < -0.3 is 0 Å². The van der Waals surface area contributed by atoms with E-state index in [1.54, 1.807) is 6.92 Å². The van der Waals surface area contributed by atoms with Crippen LogP contribution in [-0.2, 0) is 0 Å². The van der Waals surface area contributed by atoms with Crippen LogP contribution in [0.15, 0.2) is 24.5 Å². The molecule has 0 radical (unpaired) electrons. The molecule has 3 nitrogen and oxygen atoms in total. The lowest BCUT2D eigenvalue weighted by molar-refractivity contribution is -0.224. The number of rotatable bonds is 4. The number of unbranched alkanes of at least 4 members (excludes halogenated alkanes) is 1. The van der Waals surface area contributed by atoms with Gasteiger partial charge in [-0.1, -0.05) is 13.3 Å². The number of nitrogens with zero attached hydrogens (tertiary/aromatic N) is 2. The highest BCUT2D eigenvalue weighted by Gasteiger charge is 2.40. The van der Waals surface area contributed by atoms with E-state index in [9.17, 15) is 18.0 Å². The molecule has 1 amide bonds. The first-order valence-corrected chi connectivity index (χ1v) is 5.25. The summed E-state index contributed by atoms with van der Waals surface area (Å²) < 4.78 is 38.0. The Kier molecular flexibility index (Phi) is 4.48. The van der Waals surface area contributed by atoms with Gasteiger partial charge in [-0.25, -0.2) is 4.90 Å². The zero-order valence-electron chi connectivity index (χ0n) is 9.37. The van der Waals surface area contributed by atoms with E-state index in [0.717, 1.165) is 6.20 Å². The van der Waals surface area contributed by atoms with Gasteiger partial charge in [0.15, 0.2) is 0 Å². The Hall–Kier alpha value is -1.59. The highest BCUT2D eigenvalue weighted by Crippen LogP contribution is 2.23. The first-order valence-electron chi connectivity index (χ1n) is 5.25. The Morgan fingerprint density at radius 2 is 2.18 bits per heavy atom. The minimum atomic E-state index is -4.65. The molecule has 1 aromatic rings. The van der Waals surface area contributed by atoms with Gasteiger partial charge >= 0.3 is 6.30 Å². The van der Waals surface area contributed by atoms with Crippen molar-refractivity contribution in [1.82, 2.24) is 9.88 Å². The number of pyridine rings is 1. The van der Waals surface area contributed by atoms with E-state index < -0.39 is 12.2 Å². The lowest BCUT2D eigenvalue weighted by atomic mass is 10.2. The Labute approximate surface area is 97.3 Å². The summed E-state index contributed by atoms with van der Waals surface area (Å²) in [5.74, 6) is -1.06. The van der Waals surface area contributed by atoms with Crippen LogP contribution in [0.1, 0.15) is 30.1 Å². The molecule has 0 aliphatic carbocycles. The van der Waals surface area contributed by atoms with Gasteiger partial charge in [0, 0.05) is 18.9 Å². The molecular weight excluding hydrogens is 233 g/mol. The number of carbonyl (C=O) groups excluding carboxylic acids is 1. The first kappa shape index (κ1) is 13.5. The van der Waals surface area contributed by atoms with Gasteiger partial charge in [0.25, 0.3) is 5.91 Å². The lowest BCUT2D eigenvalue weighted by Crippen LogP contribution is -2.43. The largest absolute Gasteiger partial charge is 0.487 e. The highest BCUT2D eigenvalue weighted by molar-refractivity contribution is 5.94. The zero-order chi connectivity index (χ0) is 12.9. The molecule has 0 saturated heterocycles. The molecule has 0 fully saturated rings. The highest BCUT2D eigenvalue weighted by atomic mass is 19.4. The monoisotopic (exact) mass is 246 g/mol. The summed E-state index contributed by atoms with van der Waals surface area (Å²) in [7, 11) is 0. The fourth-order valence-electron chi connectivity index (χ4n) is 1.30. The van der Waals surface area contributed by atoms with Crippen molar-refractivity contribution < 1.29 is 18.0 Å². The van der Waals surface area contributed by atoms with Gasteiger partial charge in [-0.15, -0.1) is 13.2 Å². The van der Waals surface area contributed by atoms with Crippen LogP contribution in [-0.4, -0.2) is 28.6 Å². The molecule has 0 atom stereocenters. The van der Waals surface area contributed by atoms with Crippen molar-refractivity contribution in [2.24, 2.45) is 0 Å². The minimum Gasteiger partial charge on any atom is -0.269 e. The van der Waals surface area contributed by atoms with Crippen LogP contribution in [0.3, 0.4) is 0 Å². The molecule has 1 heterocycles. The fourth-order valence-corrected chi connectivity index (χ4v) is 1.30. The number of carbonyl (C=O) groups is 1. The Morgan fingerprint density at radius 1 is 1.47 bits per heavy atom. The van der Waals surface area contributed by atoms with Gasteiger partial charge in [0.05, 0.1) is 5.56 Å². The molecular formula is C11H13F3N2O. The predicted molar refractivity (Wildman–Crippen MR) is 56.2 cm³/mol. The molecule has 0 saturated carbocycles. The summed E-state index contributed by atoms with van der Waals surface area (Å²) in [4.78, 5) is 15.2. The molecule has 0 aromatic carbocycles. The maximum absolute atomic E-state index is 12.7. The van der Waals surface area contributed by atoms with Gasteiger partial charge in [-0.3, -0.25) is 9.78 Å². The molecule has 0 aliphatic rings. The smallest absolute Gasteiger partial charge is 0.269 e. The SMILES string of the molecule is CCCCN(C(=O)c1cccnc1)C(F)(F)F. The van der Waals surface area contributed by atoms with E-state index in [1.807, 2.05) is 0 Å². The molecule has 0 bridgehead atoms. The van der Waals surface area contributed by atoms with E-state index in [0.29, 0.717) is 12.8 Å². The normalized spacial score (nSPS) is 11.3. The number of hydrogen-bond donors (Lipinski definition) is 0. The second kappa shape index (κ2) is 5.65. The summed E-state index contributed by atoms with van der Waals surface area (Å²) in [5, 5.41) is 0. The molecule has 0 unspecified atom stereocenters. The van der Waals surface area contributed by atoms with Gasteiger partial charge in [-0.05, 0) is 18.6 Å². The van der Waals surface area contributed by atoms with E-state index >= 15 is 0 Å². The van der Waals surface area contributed by atoms with Crippen LogP contribution in [0, 0.1) is 0 Å². The molecule has 6 heteroatoms. The second-order valence-electron chi connectivity index (χ2n) is 3.52. The number of halogens is 3.